The number of likely N-dealkylation sites (tertiary alicyclic amines) is 1. The van der Waals surface area contributed by atoms with E-state index in [9.17, 15) is 4.79 Å². The van der Waals surface area contributed by atoms with Crippen LogP contribution in [0.4, 0.5) is 0 Å². The summed E-state index contributed by atoms with van der Waals surface area (Å²) in [6.07, 6.45) is 4.84. The van der Waals surface area contributed by atoms with Crippen LogP contribution in [0, 0.1) is 16.6 Å². The van der Waals surface area contributed by atoms with Crippen molar-refractivity contribution in [1.29, 1.82) is 0 Å². The molecule has 4 aromatic rings. The predicted molar refractivity (Wildman–Crippen MR) is 125 cm³/mol. The predicted octanol–water partition coefficient (Wildman–Crippen LogP) is 5.28. The van der Waals surface area contributed by atoms with E-state index in [1.165, 1.54) is 0 Å². The van der Waals surface area contributed by atoms with E-state index >= 15 is 0 Å². The van der Waals surface area contributed by atoms with Crippen LogP contribution >= 0.6 is 12.2 Å². The smallest absolute Gasteiger partial charge is 0.225 e. The molecule has 1 unspecified atom stereocenters. The molecule has 2 fully saturated rings. The maximum absolute atomic E-state index is 12.4. The standard InChI is InChI=1S/C25H24N4O2S/c30-24(19-5-6-19)28-11-9-16(14-28)15-29-23(26-27-25(29)32)18-3-1-17(2-4-18)20-7-8-22-21(13-20)10-12-31-22/h1-4,7-8,10,12-13,16,19H,5-6,9,11,14-15H2,(H,27,32). The van der Waals surface area contributed by atoms with Crippen LogP contribution in [0.1, 0.15) is 19.3 Å². The second kappa shape index (κ2) is 7.74. The highest BCUT2D eigenvalue weighted by molar-refractivity contribution is 7.71. The third kappa shape index (κ3) is 3.56. The van der Waals surface area contributed by atoms with Crippen molar-refractivity contribution < 1.29 is 9.21 Å². The summed E-state index contributed by atoms with van der Waals surface area (Å²) in [6, 6.07) is 16.6. The zero-order valence-electron chi connectivity index (χ0n) is 17.7. The van der Waals surface area contributed by atoms with Crippen LogP contribution < -0.4 is 0 Å². The molecule has 1 N–H and O–H groups in total. The topological polar surface area (TPSA) is 67.1 Å². The van der Waals surface area contributed by atoms with Crippen molar-refractivity contribution in [3.05, 3.63) is 59.6 Å². The minimum absolute atomic E-state index is 0.285. The molecule has 3 heterocycles. The molecule has 6 nitrogen and oxygen atoms in total. The molecule has 1 amide bonds. The number of aromatic amines is 1. The third-order valence-electron chi connectivity index (χ3n) is 6.65. The Labute approximate surface area is 190 Å². The van der Waals surface area contributed by atoms with E-state index in [4.69, 9.17) is 16.6 Å². The number of carbonyl (C=O) groups is 1. The summed E-state index contributed by atoms with van der Waals surface area (Å²) in [7, 11) is 0. The van der Waals surface area contributed by atoms with E-state index < -0.39 is 0 Å². The summed E-state index contributed by atoms with van der Waals surface area (Å²) in [5.41, 5.74) is 4.21. The molecule has 2 aliphatic rings. The molecular formula is C25H24N4O2S. The molecule has 7 heteroatoms. The highest BCUT2D eigenvalue weighted by Crippen LogP contribution is 2.33. The highest BCUT2D eigenvalue weighted by Gasteiger charge is 2.36. The largest absolute Gasteiger partial charge is 0.464 e. The summed E-state index contributed by atoms with van der Waals surface area (Å²) in [4.78, 5) is 14.4. The van der Waals surface area contributed by atoms with Crippen LogP contribution in [-0.4, -0.2) is 38.7 Å². The zero-order valence-corrected chi connectivity index (χ0v) is 18.5. The number of benzene rings is 2. The molecule has 162 valence electrons. The lowest BCUT2D eigenvalue weighted by atomic mass is 10.0. The number of fused-ring (bicyclic) bond motifs is 1. The summed E-state index contributed by atoms with van der Waals surface area (Å²) in [5.74, 6) is 1.88. The Morgan fingerprint density at radius 2 is 1.84 bits per heavy atom. The second-order valence-corrected chi connectivity index (χ2v) is 9.31. The van der Waals surface area contributed by atoms with Gasteiger partial charge in [-0.05, 0) is 66.7 Å². The Balaban J connectivity index is 1.22. The van der Waals surface area contributed by atoms with Crippen molar-refractivity contribution in [1.82, 2.24) is 19.7 Å². The van der Waals surface area contributed by atoms with E-state index in [0.717, 1.165) is 72.4 Å². The van der Waals surface area contributed by atoms with Crippen molar-refractivity contribution in [2.75, 3.05) is 13.1 Å². The molecular weight excluding hydrogens is 420 g/mol. The number of carbonyl (C=O) groups excluding carboxylic acids is 1. The Morgan fingerprint density at radius 1 is 1.06 bits per heavy atom. The van der Waals surface area contributed by atoms with E-state index in [2.05, 4.69) is 51.2 Å². The first kappa shape index (κ1) is 19.5. The normalized spacial score (nSPS) is 18.5. The maximum Gasteiger partial charge on any atom is 0.225 e. The van der Waals surface area contributed by atoms with Gasteiger partial charge < -0.3 is 9.32 Å². The van der Waals surface area contributed by atoms with E-state index in [-0.39, 0.29) is 5.92 Å². The van der Waals surface area contributed by atoms with Gasteiger partial charge in [0.05, 0.1) is 6.26 Å². The average Bonchev–Trinajstić information content (AvgIpc) is 3.21. The highest BCUT2D eigenvalue weighted by atomic mass is 32.1. The lowest BCUT2D eigenvalue weighted by Crippen LogP contribution is -2.30. The minimum Gasteiger partial charge on any atom is -0.464 e. The van der Waals surface area contributed by atoms with Gasteiger partial charge in [-0.2, -0.15) is 5.10 Å². The molecule has 0 radical (unpaired) electrons. The Kier molecular flexibility index (Phi) is 4.72. The first-order valence-electron chi connectivity index (χ1n) is 11.2. The molecule has 2 aromatic heterocycles. The van der Waals surface area contributed by atoms with Gasteiger partial charge in [0.15, 0.2) is 10.6 Å². The first-order chi connectivity index (χ1) is 15.7. The van der Waals surface area contributed by atoms with E-state index in [0.29, 0.717) is 16.6 Å². The van der Waals surface area contributed by atoms with Gasteiger partial charge in [-0.1, -0.05) is 30.3 Å². The number of amides is 1. The van der Waals surface area contributed by atoms with E-state index in [1.54, 1.807) is 6.26 Å². The van der Waals surface area contributed by atoms with Crippen LogP contribution in [0.15, 0.2) is 59.2 Å². The van der Waals surface area contributed by atoms with Gasteiger partial charge in [-0.25, -0.2) is 0 Å². The van der Waals surface area contributed by atoms with Gasteiger partial charge in [-0.15, -0.1) is 0 Å². The average molecular weight is 445 g/mol. The molecule has 1 aliphatic carbocycles. The molecule has 2 aromatic carbocycles. The van der Waals surface area contributed by atoms with Gasteiger partial charge in [0.1, 0.15) is 5.58 Å². The fraction of sp³-hybridized carbons (Fsp3) is 0.320. The van der Waals surface area contributed by atoms with Crippen molar-refractivity contribution in [2.24, 2.45) is 11.8 Å². The van der Waals surface area contributed by atoms with Gasteiger partial charge >= 0.3 is 0 Å². The Hall–Kier alpha value is -3.19. The van der Waals surface area contributed by atoms with Crippen LogP contribution in [0.25, 0.3) is 33.5 Å². The lowest BCUT2D eigenvalue weighted by molar-refractivity contribution is -0.131. The van der Waals surface area contributed by atoms with Gasteiger partial charge in [0, 0.05) is 36.5 Å². The second-order valence-electron chi connectivity index (χ2n) is 8.93. The quantitative estimate of drug-likeness (QED) is 0.425. The Morgan fingerprint density at radius 3 is 2.66 bits per heavy atom. The summed E-state index contributed by atoms with van der Waals surface area (Å²) >= 11 is 5.53. The number of aromatic nitrogens is 3. The monoisotopic (exact) mass is 444 g/mol. The fourth-order valence-corrected chi connectivity index (χ4v) is 4.90. The number of rotatable bonds is 5. The van der Waals surface area contributed by atoms with Crippen LogP contribution in [0.2, 0.25) is 0 Å². The molecule has 0 bridgehead atoms. The number of hydrogen-bond donors (Lipinski definition) is 1. The van der Waals surface area contributed by atoms with Crippen molar-refractivity contribution in [2.45, 2.75) is 25.8 Å². The number of furan rings is 1. The SMILES string of the molecule is O=C(C1CC1)N1CCC(Cn2c(-c3ccc(-c4ccc5occc5c4)cc3)n[nH]c2=S)C1. The van der Waals surface area contributed by atoms with Gasteiger partial charge in [-0.3, -0.25) is 14.5 Å². The van der Waals surface area contributed by atoms with Gasteiger partial charge in [0.2, 0.25) is 5.91 Å². The number of nitrogens with one attached hydrogen (secondary N) is 1. The van der Waals surface area contributed by atoms with Crippen LogP contribution in [-0.2, 0) is 11.3 Å². The zero-order chi connectivity index (χ0) is 21.7. The molecule has 32 heavy (non-hydrogen) atoms. The summed E-state index contributed by atoms with van der Waals surface area (Å²) in [5, 5.41) is 8.57. The minimum atomic E-state index is 0.285. The number of H-pyrrole nitrogens is 1. The maximum atomic E-state index is 12.4. The first-order valence-corrected chi connectivity index (χ1v) is 11.6. The van der Waals surface area contributed by atoms with Crippen LogP contribution in [0.3, 0.4) is 0 Å². The van der Waals surface area contributed by atoms with E-state index in [1.807, 2.05) is 17.0 Å². The van der Waals surface area contributed by atoms with Crippen molar-refractivity contribution in [3.8, 4) is 22.5 Å². The molecule has 1 saturated heterocycles. The molecule has 1 atom stereocenters. The molecule has 0 spiro atoms. The Bertz CT molecular complexity index is 1350. The molecule has 6 rings (SSSR count). The summed E-state index contributed by atoms with van der Waals surface area (Å²) in [6.45, 7) is 2.45. The molecule has 1 saturated carbocycles. The van der Waals surface area contributed by atoms with Gasteiger partial charge in [0.25, 0.3) is 0 Å². The lowest BCUT2D eigenvalue weighted by Gasteiger charge is -2.17. The molecule has 1 aliphatic heterocycles. The van der Waals surface area contributed by atoms with Crippen LogP contribution in [0.5, 0.6) is 0 Å². The third-order valence-corrected chi connectivity index (χ3v) is 6.96. The number of nitrogens with zero attached hydrogens (tertiary/aromatic N) is 3. The van der Waals surface area contributed by atoms with Crippen molar-refractivity contribution >= 4 is 29.1 Å². The fourth-order valence-electron chi connectivity index (χ4n) is 4.69. The van der Waals surface area contributed by atoms with Crippen molar-refractivity contribution in [3.63, 3.8) is 0 Å². The summed E-state index contributed by atoms with van der Waals surface area (Å²) < 4.78 is 8.15. The number of hydrogen-bond acceptors (Lipinski definition) is 4.